The van der Waals surface area contributed by atoms with Gasteiger partial charge >= 0.3 is 6.03 Å². The van der Waals surface area contributed by atoms with Crippen molar-refractivity contribution in [3.05, 3.63) is 63.7 Å². The molecule has 194 valence electrons. The van der Waals surface area contributed by atoms with Crippen LogP contribution in [0.3, 0.4) is 0 Å². The zero-order chi connectivity index (χ0) is 25.8. The third-order valence-electron chi connectivity index (χ3n) is 6.54. The molecule has 2 saturated heterocycles. The number of carbonyl (C=O) groups is 2. The third kappa shape index (κ3) is 6.08. The molecule has 0 atom stereocenters. The molecule has 2 aromatic heterocycles. The van der Waals surface area contributed by atoms with E-state index in [0.717, 1.165) is 24.6 Å². The summed E-state index contributed by atoms with van der Waals surface area (Å²) in [6.07, 6.45) is 1.98. The Kier molecular flexibility index (Phi) is 7.97. The van der Waals surface area contributed by atoms with Gasteiger partial charge in [0.25, 0.3) is 0 Å². The summed E-state index contributed by atoms with van der Waals surface area (Å²) < 4.78 is 0. The maximum atomic E-state index is 12.9. The number of hydrogen-bond acceptors (Lipinski definition) is 7. The summed E-state index contributed by atoms with van der Waals surface area (Å²) in [6.45, 7) is 5.20. The van der Waals surface area contributed by atoms with E-state index >= 15 is 0 Å². The van der Waals surface area contributed by atoms with Gasteiger partial charge in [0, 0.05) is 63.9 Å². The highest BCUT2D eigenvalue weighted by Gasteiger charge is 2.25. The first kappa shape index (κ1) is 25.6. The number of piperazine rings is 2. The molecule has 2 aliphatic heterocycles. The molecule has 0 unspecified atom stereocenters. The highest BCUT2D eigenvalue weighted by Crippen LogP contribution is 2.33. The van der Waals surface area contributed by atoms with Crippen molar-refractivity contribution in [1.82, 2.24) is 19.8 Å². The van der Waals surface area contributed by atoms with Gasteiger partial charge in [0.15, 0.2) is 5.13 Å². The van der Waals surface area contributed by atoms with E-state index in [-0.39, 0.29) is 18.4 Å². The average Bonchev–Trinajstić information content (AvgIpc) is 3.37. The number of nitrogens with one attached hydrogen (secondary N) is 1. The Hall–Kier alpha value is -3.08. The Balaban J connectivity index is 1.08. The number of aromatic nitrogens is 2. The molecule has 2 aliphatic rings. The number of urea groups is 1. The van der Waals surface area contributed by atoms with Crippen LogP contribution in [0.5, 0.6) is 0 Å². The van der Waals surface area contributed by atoms with Crippen LogP contribution in [0.15, 0.2) is 48.0 Å². The van der Waals surface area contributed by atoms with Gasteiger partial charge in [-0.1, -0.05) is 35.3 Å². The first-order chi connectivity index (χ1) is 18.0. The molecule has 9 nitrogen and oxygen atoms in total. The fourth-order valence-corrected chi connectivity index (χ4v) is 5.61. The van der Waals surface area contributed by atoms with E-state index in [9.17, 15) is 9.59 Å². The van der Waals surface area contributed by atoms with Crippen molar-refractivity contribution in [1.29, 1.82) is 0 Å². The summed E-state index contributed by atoms with van der Waals surface area (Å²) in [5, 5.41) is 6.27. The lowest BCUT2D eigenvalue weighted by atomic mass is 10.2. The monoisotopic (exact) mass is 559 g/mol. The molecule has 0 aliphatic carbocycles. The van der Waals surface area contributed by atoms with Crippen molar-refractivity contribution < 1.29 is 9.59 Å². The number of halogens is 2. The van der Waals surface area contributed by atoms with E-state index in [1.165, 1.54) is 11.3 Å². The zero-order valence-corrected chi connectivity index (χ0v) is 22.5. The molecule has 5 rings (SSSR count). The first-order valence-corrected chi connectivity index (χ1v) is 13.7. The molecule has 3 aromatic rings. The minimum Gasteiger partial charge on any atom is -0.367 e. The van der Waals surface area contributed by atoms with Crippen molar-refractivity contribution >= 4 is 63.1 Å². The Morgan fingerprint density at radius 1 is 0.892 bits per heavy atom. The van der Waals surface area contributed by atoms with E-state index in [0.29, 0.717) is 60.1 Å². The Morgan fingerprint density at radius 2 is 1.62 bits per heavy atom. The van der Waals surface area contributed by atoms with Gasteiger partial charge in [0.05, 0.1) is 27.8 Å². The van der Waals surface area contributed by atoms with Crippen LogP contribution in [-0.4, -0.2) is 84.1 Å². The summed E-state index contributed by atoms with van der Waals surface area (Å²) in [5.41, 5.74) is 1.55. The third-order valence-corrected chi connectivity index (χ3v) is 8.16. The molecule has 0 radical (unpaired) electrons. The van der Waals surface area contributed by atoms with Gasteiger partial charge in [-0.05, 0) is 24.3 Å². The number of pyridine rings is 1. The molecule has 3 amide bonds. The predicted molar refractivity (Wildman–Crippen MR) is 148 cm³/mol. The highest BCUT2D eigenvalue weighted by atomic mass is 35.5. The predicted octanol–water partition coefficient (Wildman–Crippen LogP) is 4.09. The van der Waals surface area contributed by atoms with E-state index in [4.69, 9.17) is 23.2 Å². The van der Waals surface area contributed by atoms with E-state index in [2.05, 4.69) is 25.1 Å². The molecule has 4 heterocycles. The summed E-state index contributed by atoms with van der Waals surface area (Å²) in [6, 6.07) is 11.2. The Morgan fingerprint density at radius 3 is 2.35 bits per heavy atom. The Labute approximate surface area is 229 Å². The quantitative estimate of drug-likeness (QED) is 0.506. The normalized spacial score (nSPS) is 16.2. The first-order valence-electron chi connectivity index (χ1n) is 12.1. The van der Waals surface area contributed by atoms with Crippen LogP contribution in [0.4, 0.5) is 21.4 Å². The number of nitrogens with zero attached hydrogens (tertiary/aromatic N) is 6. The van der Waals surface area contributed by atoms with Crippen LogP contribution in [0.1, 0.15) is 5.69 Å². The van der Waals surface area contributed by atoms with Crippen molar-refractivity contribution in [2.75, 3.05) is 67.5 Å². The number of hydrogen-bond donors (Lipinski definition) is 1. The highest BCUT2D eigenvalue weighted by molar-refractivity contribution is 7.13. The van der Waals surface area contributed by atoms with Gasteiger partial charge in [-0.15, -0.1) is 11.3 Å². The number of amides is 3. The van der Waals surface area contributed by atoms with Crippen LogP contribution < -0.4 is 15.1 Å². The van der Waals surface area contributed by atoms with Crippen LogP contribution in [-0.2, 0) is 11.2 Å². The molecule has 2 fully saturated rings. The number of carbonyl (C=O) groups excluding carboxylic acids is 2. The lowest BCUT2D eigenvalue weighted by Gasteiger charge is -2.36. The average molecular weight is 561 g/mol. The Bertz CT molecular complexity index is 1240. The smallest absolute Gasteiger partial charge is 0.323 e. The molecular formula is C25H27Cl2N7O2S. The molecule has 1 N–H and O–H groups in total. The second-order valence-corrected chi connectivity index (χ2v) is 10.5. The zero-order valence-electron chi connectivity index (χ0n) is 20.1. The van der Waals surface area contributed by atoms with Gasteiger partial charge in [-0.2, -0.15) is 0 Å². The summed E-state index contributed by atoms with van der Waals surface area (Å²) in [5.74, 6) is 0.942. The molecular weight excluding hydrogens is 533 g/mol. The summed E-state index contributed by atoms with van der Waals surface area (Å²) in [7, 11) is 0. The number of thiazole rings is 1. The van der Waals surface area contributed by atoms with Gasteiger partial charge in [0.2, 0.25) is 5.91 Å². The lowest BCUT2D eigenvalue weighted by Crippen LogP contribution is -2.50. The topological polar surface area (TPSA) is 84.9 Å². The number of anilines is 3. The van der Waals surface area contributed by atoms with Gasteiger partial charge < -0.3 is 19.6 Å². The van der Waals surface area contributed by atoms with Crippen molar-refractivity contribution in [3.63, 3.8) is 0 Å². The van der Waals surface area contributed by atoms with Crippen molar-refractivity contribution in [2.24, 2.45) is 0 Å². The van der Waals surface area contributed by atoms with E-state index in [1.807, 2.05) is 40.6 Å². The molecule has 12 heteroatoms. The molecule has 37 heavy (non-hydrogen) atoms. The van der Waals surface area contributed by atoms with Gasteiger partial charge in [0.1, 0.15) is 5.82 Å². The largest absolute Gasteiger partial charge is 0.367 e. The molecule has 0 saturated carbocycles. The minimum absolute atomic E-state index is 0.0191. The van der Waals surface area contributed by atoms with Crippen molar-refractivity contribution in [3.8, 4) is 0 Å². The molecule has 0 spiro atoms. The van der Waals surface area contributed by atoms with Gasteiger partial charge in [-0.25, -0.2) is 14.8 Å². The SMILES string of the molecule is O=C(Cc1csc(NC(=O)N2CCN(c3ccccn3)CC2)n1)N1CCN(c2cccc(Cl)c2Cl)CC1. The van der Waals surface area contributed by atoms with Crippen LogP contribution in [0, 0.1) is 0 Å². The minimum atomic E-state index is -0.177. The van der Waals surface area contributed by atoms with Gasteiger partial charge in [-0.3, -0.25) is 10.1 Å². The standard InChI is InChI=1S/C25H27Cl2N7O2S/c26-19-4-3-5-20(23(19)27)31-8-12-33(13-9-31)22(35)16-18-17-37-24(29-18)30-25(36)34-14-10-32(11-15-34)21-6-1-2-7-28-21/h1-7,17H,8-16H2,(H,29,30,36). The lowest BCUT2D eigenvalue weighted by molar-refractivity contribution is -0.130. The van der Waals surface area contributed by atoms with Crippen LogP contribution in [0.25, 0.3) is 0 Å². The summed E-state index contributed by atoms with van der Waals surface area (Å²) in [4.78, 5) is 42.4. The second-order valence-electron chi connectivity index (χ2n) is 8.85. The second kappa shape index (κ2) is 11.5. The van der Waals surface area contributed by atoms with Crippen LogP contribution in [0.2, 0.25) is 10.0 Å². The van der Waals surface area contributed by atoms with E-state index in [1.54, 1.807) is 17.2 Å². The molecule has 1 aromatic carbocycles. The summed E-state index contributed by atoms with van der Waals surface area (Å²) >= 11 is 13.8. The van der Waals surface area contributed by atoms with E-state index < -0.39 is 0 Å². The maximum absolute atomic E-state index is 12.9. The maximum Gasteiger partial charge on any atom is 0.323 e. The molecule has 0 bridgehead atoms. The van der Waals surface area contributed by atoms with Crippen molar-refractivity contribution in [2.45, 2.75) is 6.42 Å². The van der Waals surface area contributed by atoms with Crippen LogP contribution >= 0.6 is 34.5 Å². The fraction of sp³-hybridized carbons (Fsp3) is 0.360. The number of benzene rings is 1. The number of rotatable bonds is 5. The fourth-order valence-electron chi connectivity index (χ4n) is 4.50.